The third kappa shape index (κ3) is 4.89. The molecule has 1 amide bonds. The second-order valence-corrected chi connectivity index (χ2v) is 8.63. The molecule has 9 heteroatoms. The second-order valence-electron chi connectivity index (χ2n) is 8.63. The van der Waals surface area contributed by atoms with Crippen molar-refractivity contribution < 1.29 is 14.3 Å². The number of hydrogen-bond donors (Lipinski definition) is 1. The van der Waals surface area contributed by atoms with Crippen LogP contribution in [0.3, 0.4) is 0 Å². The maximum absolute atomic E-state index is 12.3. The van der Waals surface area contributed by atoms with Crippen LogP contribution in [0.1, 0.15) is 44.9 Å². The lowest BCUT2D eigenvalue weighted by Gasteiger charge is -2.10. The van der Waals surface area contributed by atoms with Gasteiger partial charge in [0.2, 0.25) is 5.91 Å². The first-order valence-corrected chi connectivity index (χ1v) is 12.0. The molecule has 3 aromatic heterocycles. The van der Waals surface area contributed by atoms with E-state index in [1.165, 1.54) is 0 Å². The summed E-state index contributed by atoms with van der Waals surface area (Å²) in [6.07, 6.45) is 9.02. The fourth-order valence-corrected chi connectivity index (χ4v) is 4.17. The number of aryl methyl sites for hydroxylation is 1. The zero-order chi connectivity index (χ0) is 23.3. The summed E-state index contributed by atoms with van der Waals surface area (Å²) in [5.41, 5.74) is 3.44. The summed E-state index contributed by atoms with van der Waals surface area (Å²) in [4.78, 5) is 12.3. The number of benzene rings is 1. The van der Waals surface area contributed by atoms with E-state index in [-0.39, 0.29) is 12.0 Å². The first kappa shape index (κ1) is 22.3. The van der Waals surface area contributed by atoms with E-state index in [1.807, 2.05) is 51.6 Å². The summed E-state index contributed by atoms with van der Waals surface area (Å²) >= 11 is 0. The average molecular weight is 463 g/mol. The minimum absolute atomic E-state index is 0.00193. The molecule has 0 radical (unpaired) electrons. The number of unbranched alkanes of at least 4 members (excludes halogenated alkanes) is 1. The average Bonchev–Trinajstić information content (AvgIpc) is 3.61. The predicted molar refractivity (Wildman–Crippen MR) is 128 cm³/mol. The van der Waals surface area contributed by atoms with E-state index >= 15 is 0 Å². The molecule has 1 saturated heterocycles. The minimum atomic E-state index is 0.00193. The van der Waals surface area contributed by atoms with Gasteiger partial charge in [-0.15, -0.1) is 10.2 Å². The van der Waals surface area contributed by atoms with Crippen molar-refractivity contribution >= 4 is 17.1 Å². The molecule has 0 saturated carbocycles. The molecule has 9 nitrogen and oxygen atoms in total. The fraction of sp³-hybridized carbons (Fsp3) is 0.440. The summed E-state index contributed by atoms with van der Waals surface area (Å²) in [5.74, 6) is 1.62. The van der Waals surface area contributed by atoms with E-state index < -0.39 is 0 Å². The Labute approximate surface area is 198 Å². The molecule has 1 aromatic carbocycles. The van der Waals surface area contributed by atoms with Gasteiger partial charge in [-0.1, -0.05) is 13.3 Å². The Hall–Kier alpha value is -3.46. The van der Waals surface area contributed by atoms with Gasteiger partial charge in [-0.25, -0.2) is 4.52 Å². The maximum atomic E-state index is 12.3. The van der Waals surface area contributed by atoms with Crippen LogP contribution in [0.15, 0.2) is 42.7 Å². The zero-order valence-corrected chi connectivity index (χ0v) is 19.4. The molecule has 0 spiro atoms. The number of nitrogens with one attached hydrogen (secondary N) is 1. The van der Waals surface area contributed by atoms with E-state index in [4.69, 9.17) is 14.6 Å². The van der Waals surface area contributed by atoms with Crippen molar-refractivity contribution in [1.29, 1.82) is 0 Å². The van der Waals surface area contributed by atoms with Crippen LogP contribution in [-0.4, -0.2) is 56.0 Å². The first-order valence-electron chi connectivity index (χ1n) is 12.0. The number of amides is 1. The smallest absolute Gasteiger partial charge is 0.220 e. The van der Waals surface area contributed by atoms with Crippen LogP contribution in [0.5, 0.6) is 5.75 Å². The Morgan fingerprint density at radius 2 is 2.12 bits per heavy atom. The quantitative estimate of drug-likeness (QED) is 0.363. The van der Waals surface area contributed by atoms with Gasteiger partial charge in [-0.2, -0.15) is 5.10 Å². The van der Waals surface area contributed by atoms with Crippen molar-refractivity contribution in [1.82, 2.24) is 29.5 Å². The highest BCUT2D eigenvalue weighted by molar-refractivity contribution is 5.77. The van der Waals surface area contributed by atoms with Crippen molar-refractivity contribution in [3.8, 4) is 17.0 Å². The van der Waals surface area contributed by atoms with Gasteiger partial charge in [0.1, 0.15) is 17.1 Å². The topological polar surface area (TPSA) is 95.0 Å². The third-order valence-corrected chi connectivity index (χ3v) is 6.13. The van der Waals surface area contributed by atoms with E-state index in [0.29, 0.717) is 19.4 Å². The van der Waals surface area contributed by atoms with Crippen molar-refractivity contribution in [3.63, 3.8) is 0 Å². The lowest BCUT2D eigenvalue weighted by Crippen LogP contribution is -2.31. The van der Waals surface area contributed by atoms with Crippen LogP contribution in [0.4, 0.5) is 0 Å². The van der Waals surface area contributed by atoms with Gasteiger partial charge >= 0.3 is 0 Å². The summed E-state index contributed by atoms with van der Waals surface area (Å²) in [5, 5.41) is 16.4. The first-order chi connectivity index (χ1) is 16.7. The molecule has 4 aromatic rings. The van der Waals surface area contributed by atoms with Crippen molar-refractivity contribution in [3.05, 3.63) is 48.5 Å². The molecule has 1 aliphatic heterocycles. The number of hydrogen-bond acceptors (Lipinski definition) is 6. The van der Waals surface area contributed by atoms with Crippen LogP contribution in [0.25, 0.3) is 22.4 Å². The van der Waals surface area contributed by atoms with Crippen LogP contribution < -0.4 is 10.1 Å². The number of nitrogens with zero attached hydrogens (tertiary/aromatic N) is 5. The maximum Gasteiger partial charge on any atom is 0.220 e. The summed E-state index contributed by atoms with van der Waals surface area (Å²) in [7, 11) is 0. The Balaban J connectivity index is 1.27. The van der Waals surface area contributed by atoms with Gasteiger partial charge in [0.25, 0.3) is 0 Å². The van der Waals surface area contributed by atoms with Crippen LogP contribution in [0, 0.1) is 0 Å². The van der Waals surface area contributed by atoms with Gasteiger partial charge in [-0.05, 0) is 49.6 Å². The SMILES string of the molecule is CCCCOc1ccc(-c2cc3c4nnc(CCC(=O)NCC5CCCO5)n4ccn3n2)cc1. The predicted octanol–water partition coefficient (Wildman–Crippen LogP) is 3.45. The number of rotatable bonds is 10. The van der Waals surface area contributed by atoms with Crippen LogP contribution >= 0.6 is 0 Å². The number of carbonyl (C=O) groups is 1. The highest BCUT2D eigenvalue weighted by Crippen LogP contribution is 2.24. The molecule has 1 aliphatic rings. The fourth-order valence-electron chi connectivity index (χ4n) is 4.17. The Morgan fingerprint density at radius 3 is 2.91 bits per heavy atom. The molecule has 0 bridgehead atoms. The second kappa shape index (κ2) is 10.2. The molecule has 178 valence electrons. The molecular formula is C25H30N6O3. The van der Waals surface area contributed by atoms with E-state index in [0.717, 1.165) is 72.9 Å². The summed E-state index contributed by atoms with van der Waals surface area (Å²) in [6.45, 7) is 4.24. The van der Waals surface area contributed by atoms with Crippen LogP contribution in [0.2, 0.25) is 0 Å². The van der Waals surface area contributed by atoms with Gasteiger partial charge in [0.05, 0.1) is 18.4 Å². The molecular weight excluding hydrogens is 432 g/mol. The van der Waals surface area contributed by atoms with Gasteiger partial charge in [0, 0.05) is 44.0 Å². The Kier molecular flexibility index (Phi) is 6.71. The molecule has 4 heterocycles. The Morgan fingerprint density at radius 1 is 1.24 bits per heavy atom. The largest absolute Gasteiger partial charge is 0.494 e. The molecule has 1 fully saturated rings. The molecule has 1 atom stereocenters. The minimum Gasteiger partial charge on any atom is -0.494 e. The molecule has 34 heavy (non-hydrogen) atoms. The molecule has 0 aliphatic carbocycles. The lowest BCUT2D eigenvalue weighted by atomic mass is 10.1. The summed E-state index contributed by atoms with van der Waals surface area (Å²) in [6, 6.07) is 10.00. The molecule has 5 rings (SSSR count). The van der Waals surface area contributed by atoms with Crippen molar-refractivity contribution in [2.45, 2.75) is 51.6 Å². The van der Waals surface area contributed by atoms with Crippen molar-refractivity contribution in [2.75, 3.05) is 19.8 Å². The van der Waals surface area contributed by atoms with E-state index in [1.54, 1.807) is 0 Å². The number of carbonyl (C=O) groups excluding carboxylic acids is 1. The summed E-state index contributed by atoms with van der Waals surface area (Å²) < 4.78 is 15.0. The molecule has 1 N–H and O–H groups in total. The monoisotopic (exact) mass is 462 g/mol. The third-order valence-electron chi connectivity index (χ3n) is 6.13. The Bertz CT molecular complexity index is 1260. The highest BCUT2D eigenvalue weighted by Gasteiger charge is 2.17. The number of fused-ring (bicyclic) bond motifs is 3. The molecule has 1 unspecified atom stereocenters. The standard InChI is InChI=1S/C25H30N6O3/c1-2-3-14-33-19-8-6-18(7-9-19)21-16-22-25-28-27-23(30(25)12-13-31(22)29-21)10-11-24(32)26-17-20-5-4-15-34-20/h6-9,12-13,16,20H,2-5,10-11,14-15,17H2,1H3,(H,26,32). The van der Waals surface area contributed by atoms with Crippen molar-refractivity contribution in [2.24, 2.45) is 0 Å². The van der Waals surface area contributed by atoms with Crippen LogP contribution in [-0.2, 0) is 16.0 Å². The number of aromatic nitrogens is 5. The van der Waals surface area contributed by atoms with Gasteiger partial charge in [-0.3, -0.25) is 9.20 Å². The zero-order valence-electron chi connectivity index (χ0n) is 19.4. The lowest BCUT2D eigenvalue weighted by molar-refractivity contribution is -0.121. The van der Waals surface area contributed by atoms with E-state index in [9.17, 15) is 4.79 Å². The normalized spacial score (nSPS) is 15.9. The van der Waals surface area contributed by atoms with E-state index in [2.05, 4.69) is 22.4 Å². The highest BCUT2D eigenvalue weighted by atomic mass is 16.5. The van der Waals surface area contributed by atoms with Gasteiger partial charge < -0.3 is 14.8 Å². The van der Waals surface area contributed by atoms with Gasteiger partial charge in [0.15, 0.2) is 5.65 Å². The number of ether oxygens (including phenoxy) is 2.